The molecule has 8 nitrogen and oxygen atoms in total. The van der Waals surface area contributed by atoms with Crippen LogP contribution in [0, 0.1) is 5.92 Å². The van der Waals surface area contributed by atoms with Crippen molar-refractivity contribution in [2.45, 2.75) is 69.2 Å². The number of nitrogens with zero attached hydrogens (tertiary/aromatic N) is 3. The highest BCUT2D eigenvalue weighted by molar-refractivity contribution is 5.81. The van der Waals surface area contributed by atoms with E-state index in [2.05, 4.69) is 61.9 Å². The van der Waals surface area contributed by atoms with Crippen molar-refractivity contribution < 1.29 is 5.11 Å². The van der Waals surface area contributed by atoms with Crippen molar-refractivity contribution in [3.63, 3.8) is 0 Å². The van der Waals surface area contributed by atoms with Gasteiger partial charge in [0.1, 0.15) is 0 Å². The average molecular weight is 436 g/mol. The number of benzene rings is 1. The molecule has 0 spiro atoms. The Bertz CT molecular complexity index is 1090. The summed E-state index contributed by atoms with van der Waals surface area (Å²) in [7, 11) is 0. The molecule has 1 aromatic carbocycles. The van der Waals surface area contributed by atoms with Gasteiger partial charge in [0.05, 0.1) is 17.8 Å². The summed E-state index contributed by atoms with van der Waals surface area (Å²) in [5.41, 5.74) is 10.9. The van der Waals surface area contributed by atoms with Gasteiger partial charge in [-0.25, -0.2) is 4.68 Å². The lowest BCUT2D eigenvalue weighted by Crippen LogP contribution is -2.46. The second-order valence-electron chi connectivity index (χ2n) is 10.1. The van der Waals surface area contributed by atoms with Gasteiger partial charge in [-0.2, -0.15) is 0 Å². The number of H-pyrrole nitrogens is 1. The van der Waals surface area contributed by atoms with Gasteiger partial charge in [-0.05, 0) is 61.1 Å². The van der Waals surface area contributed by atoms with Crippen molar-refractivity contribution in [2.24, 2.45) is 5.92 Å². The molecule has 3 unspecified atom stereocenters. The Labute approximate surface area is 188 Å². The molecule has 3 heterocycles. The standard InChI is InChI=1S/C24H33N7O/c32-24(7-2-8-24)15-25-11-18-10-17-6-5-16(9-22(17)27-18)13-31-14-23(29-30-31)19-3-1-4-21-20(19)12-26-28-21/h5-6,9-10,14,19-21,25-28,32H,1-4,7-8,11-13,15H2. The summed E-state index contributed by atoms with van der Waals surface area (Å²) in [6, 6.07) is 9.31. The first-order valence-electron chi connectivity index (χ1n) is 12.1. The quantitative estimate of drug-likeness (QED) is 0.390. The molecule has 5 N–H and O–H groups in total. The van der Waals surface area contributed by atoms with Gasteiger partial charge in [-0.3, -0.25) is 10.9 Å². The molecule has 32 heavy (non-hydrogen) atoms. The summed E-state index contributed by atoms with van der Waals surface area (Å²) in [6.45, 7) is 3.14. The van der Waals surface area contributed by atoms with Crippen molar-refractivity contribution in [1.29, 1.82) is 0 Å². The van der Waals surface area contributed by atoms with E-state index in [4.69, 9.17) is 0 Å². The largest absolute Gasteiger partial charge is 0.389 e. The van der Waals surface area contributed by atoms with E-state index < -0.39 is 5.60 Å². The fourth-order valence-electron chi connectivity index (χ4n) is 5.77. The molecule has 170 valence electrons. The summed E-state index contributed by atoms with van der Waals surface area (Å²) < 4.78 is 1.97. The molecule has 3 atom stereocenters. The second-order valence-corrected chi connectivity index (χ2v) is 10.1. The molecule has 3 fully saturated rings. The minimum Gasteiger partial charge on any atom is -0.389 e. The lowest BCUT2D eigenvalue weighted by atomic mass is 9.75. The Kier molecular flexibility index (Phi) is 5.25. The summed E-state index contributed by atoms with van der Waals surface area (Å²) >= 11 is 0. The fourth-order valence-corrected chi connectivity index (χ4v) is 5.77. The van der Waals surface area contributed by atoms with E-state index in [-0.39, 0.29) is 0 Å². The number of hydrogen-bond acceptors (Lipinski definition) is 6. The van der Waals surface area contributed by atoms with E-state index in [1.807, 2.05) is 4.68 Å². The molecule has 3 aliphatic rings. The normalized spacial score (nSPS) is 26.8. The van der Waals surface area contributed by atoms with Gasteiger partial charge in [0.15, 0.2) is 0 Å². The molecule has 3 aromatic rings. The van der Waals surface area contributed by atoms with Crippen LogP contribution in [0.2, 0.25) is 0 Å². The molecule has 6 rings (SSSR count). The number of aromatic amines is 1. The third kappa shape index (κ3) is 3.96. The van der Waals surface area contributed by atoms with E-state index in [0.29, 0.717) is 24.4 Å². The van der Waals surface area contributed by atoms with Crippen LogP contribution in [0.1, 0.15) is 61.4 Å². The first-order chi connectivity index (χ1) is 15.7. The van der Waals surface area contributed by atoms with E-state index >= 15 is 0 Å². The topological polar surface area (TPSA) is 103 Å². The number of rotatable bonds is 7. The SMILES string of the molecule is OC1(CNCc2cc3ccc(Cn4cc(C5CCCC6NNCC65)nn4)cc3[nH]2)CCC1. The summed E-state index contributed by atoms with van der Waals surface area (Å²) in [6.07, 6.45) is 8.79. The maximum Gasteiger partial charge on any atom is 0.0862 e. The molecule has 8 heteroatoms. The van der Waals surface area contributed by atoms with Crippen LogP contribution in [0.15, 0.2) is 30.5 Å². The van der Waals surface area contributed by atoms with Crippen molar-refractivity contribution in [1.82, 2.24) is 36.1 Å². The highest BCUT2D eigenvalue weighted by Gasteiger charge is 2.38. The average Bonchev–Trinajstić information content (AvgIpc) is 3.51. The molecule has 2 aromatic heterocycles. The van der Waals surface area contributed by atoms with Crippen LogP contribution in [-0.2, 0) is 13.1 Å². The zero-order valence-electron chi connectivity index (χ0n) is 18.5. The van der Waals surface area contributed by atoms with Crippen LogP contribution in [0.5, 0.6) is 0 Å². The Morgan fingerprint density at radius 3 is 3.00 bits per heavy atom. The number of nitrogens with one attached hydrogen (secondary N) is 4. The van der Waals surface area contributed by atoms with Gasteiger partial charge in [0.2, 0.25) is 0 Å². The molecule has 0 bridgehead atoms. The van der Waals surface area contributed by atoms with Crippen LogP contribution >= 0.6 is 0 Å². The van der Waals surface area contributed by atoms with Crippen LogP contribution in [0.4, 0.5) is 0 Å². The monoisotopic (exact) mass is 435 g/mol. The van der Waals surface area contributed by atoms with Gasteiger partial charge >= 0.3 is 0 Å². The highest BCUT2D eigenvalue weighted by atomic mass is 16.3. The first-order valence-corrected chi connectivity index (χ1v) is 12.1. The molecular weight excluding hydrogens is 402 g/mol. The molecular formula is C24H33N7O. The third-order valence-corrected chi connectivity index (χ3v) is 7.77. The molecule has 2 saturated carbocycles. The molecule has 0 amide bonds. The maximum atomic E-state index is 10.2. The predicted octanol–water partition coefficient (Wildman–Crippen LogP) is 2.17. The highest BCUT2D eigenvalue weighted by Crippen LogP contribution is 2.38. The Hall–Kier alpha value is -2.26. The third-order valence-electron chi connectivity index (χ3n) is 7.77. The molecule has 2 aliphatic carbocycles. The minimum absolute atomic E-state index is 0.487. The van der Waals surface area contributed by atoms with Crippen molar-refractivity contribution >= 4 is 10.9 Å². The van der Waals surface area contributed by atoms with Crippen LogP contribution < -0.4 is 16.2 Å². The molecule has 1 saturated heterocycles. The van der Waals surface area contributed by atoms with Gasteiger partial charge < -0.3 is 15.4 Å². The van der Waals surface area contributed by atoms with E-state index in [0.717, 1.165) is 55.8 Å². The van der Waals surface area contributed by atoms with Gasteiger partial charge in [0.25, 0.3) is 0 Å². The minimum atomic E-state index is -0.487. The predicted molar refractivity (Wildman–Crippen MR) is 123 cm³/mol. The zero-order chi connectivity index (χ0) is 21.5. The van der Waals surface area contributed by atoms with Crippen molar-refractivity contribution in [2.75, 3.05) is 13.1 Å². The van der Waals surface area contributed by atoms with Gasteiger partial charge in [-0.1, -0.05) is 23.8 Å². The van der Waals surface area contributed by atoms with Crippen LogP contribution in [0.25, 0.3) is 10.9 Å². The summed E-state index contributed by atoms with van der Waals surface area (Å²) in [5, 5.41) is 23.8. The Morgan fingerprint density at radius 1 is 1.19 bits per heavy atom. The number of fused-ring (bicyclic) bond motifs is 2. The van der Waals surface area contributed by atoms with Gasteiger partial charge in [-0.15, -0.1) is 5.10 Å². The number of hydrogen-bond donors (Lipinski definition) is 5. The van der Waals surface area contributed by atoms with Crippen molar-refractivity contribution in [3.05, 3.63) is 47.4 Å². The smallest absolute Gasteiger partial charge is 0.0862 e. The van der Waals surface area contributed by atoms with E-state index in [1.54, 1.807) is 0 Å². The van der Waals surface area contributed by atoms with Crippen LogP contribution in [0.3, 0.4) is 0 Å². The summed E-state index contributed by atoms with van der Waals surface area (Å²) in [5.74, 6) is 1.10. The van der Waals surface area contributed by atoms with Crippen LogP contribution in [-0.4, -0.2) is 49.8 Å². The number of hydrazine groups is 1. The zero-order valence-corrected chi connectivity index (χ0v) is 18.5. The molecule has 0 radical (unpaired) electrons. The van der Waals surface area contributed by atoms with E-state index in [1.165, 1.54) is 30.2 Å². The number of aromatic nitrogens is 4. The molecule has 1 aliphatic heterocycles. The Morgan fingerprint density at radius 2 is 2.12 bits per heavy atom. The van der Waals surface area contributed by atoms with E-state index in [9.17, 15) is 5.11 Å². The lowest BCUT2D eigenvalue weighted by Gasteiger charge is -2.36. The summed E-state index contributed by atoms with van der Waals surface area (Å²) in [4.78, 5) is 3.52. The van der Waals surface area contributed by atoms with Crippen molar-refractivity contribution in [3.8, 4) is 0 Å². The maximum absolute atomic E-state index is 10.2. The first kappa shape index (κ1) is 20.4. The fraction of sp³-hybridized carbons (Fsp3) is 0.583. The number of aliphatic hydroxyl groups is 1. The second kappa shape index (κ2) is 8.26. The Balaban J connectivity index is 1.11. The van der Waals surface area contributed by atoms with Gasteiger partial charge in [0, 0.05) is 49.0 Å². The lowest BCUT2D eigenvalue weighted by molar-refractivity contribution is -0.0315.